The average Bonchev–Trinajstić information content (AvgIpc) is 3.08. The van der Waals surface area contributed by atoms with Crippen molar-refractivity contribution >= 4 is 5.97 Å². The fourth-order valence-corrected chi connectivity index (χ4v) is 2.22. The van der Waals surface area contributed by atoms with Crippen LogP contribution in [0.5, 0.6) is 5.75 Å². The molecule has 136 valence electrons. The van der Waals surface area contributed by atoms with Crippen LogP contribution in [0, 0.1) is 17.1 Å². The number of benzene rings is 2. The van der Waals surface area contributed by atoms with Gasteiger partial charge in [-0.2, -0.15) is 18.4 Å². The Balaban J connectivity index is 2.01. The van der Waals surface area contributed by atoms with Crippen molar-refractivity contribution in [1.29, 1.82) is 5.26 Å². The number of ether oxygens (including phenoxy) is 1. The van der Waals surface area contributed by atoms with Crippen LogP contribution in [-0.4, -0.2) is 21.0 Å². The number of hydrogen-bond acceptors (Lipinski definition) is 5. The molecular formula is C17H8F4N4O2. The highest BCUT2D eigenvalue weighted by atomic mass is 19.4. The van der Waals surface area contributed by atoms with Gasteiger partial charge in [-0.15, -0.1) is 5.10 Å². The number of halogens is 4. The zero-order valence-electron chi connectivity index (χ0n) is 13.2. The minimum absolute atomic E-state index is 0.122. The Bertz CT molecular complexity index is 1040. The number of nitrogens with zero attached hydrogens (tertiary/aromatic N) is 4. The summed E-state index contributed by atoms with van der Waals surface area (Å²) < 4.78 is 58.8. The smallest absolute Gasteiger partial charge is 0.422 e. The number of alkyl halides is 3. The fourth-order valence-electron chi connectivity index (χ4n) is 2.22. The van der Waals surface area contributed by atoms with Crippen molar-refractivity contribution in [2.24, 2.45) is 0 Å². The van der Waals surface area contributed by atoms with Crippen molar-refractivity contribution in [3.05, 3.63) is 71.3 Å². The summed E-state index contributed by atoms with van der Waals surface area (Å²) in [6.07, 6.45) is -4.99. The maximum atomic E-state index is 13.5. The van der Waals surface area contributed by atoms with Crippen molar-refractivity contribution < 1.29 is 27.1 Å². The van der Waals surface area contributed by atoms with Gasteiger partial charge in [0.2, 0.25) is 5.69 Å². The molecule has 0 aliphatic heterocycles. The zero-order chi connectivity index (χ0) is 19.6. The van der Waals surface area contributed by atoms with Gasteiger partial charge in [0.05, 0.1) is 17.3 Å². The van der Waals surface area contributed by atoms with Gasteiger partial charge in [0.15, 0.2) is 5.69 Å². The Morgan fingerprint density at radius 3 is 2.48 bits per heavy atom. The zero-order valence-corrected chi connectivity index (χ0v) is 13.2. The molecule has 0 saturated heterocycles. The van der Waals surface area contributed by atoms with Gasteiger partial charge in [0.25, 0.3) is 0 Å². The Kier molecular flexibility index (Phi) is 4.60. The van der Waals surface area contributed by atoms with Crippen molar-refractivity contribution in [3.63, 3.8) is 0 Å². The Morgan fingerprint density at radius 1 is 1.15 bits per heavy atom. The summed E-state index contributed by atoms with van der Waals surface area (Å²) in [7, 11) is 0. The SMILES string of the molecule is N#Cc1cccc(OC(=O)c2nnn(-c3ccc(F)cc3)c2C(F)(F)F)c1. The number of rotatable bonds is 3. The van der Waals surface area contributed by atoms with E-state index in [1.165, 1.54) is 24.3 Å². The van der Waals surface area contributed by atoms with Crippen LogP contribution < -0.4 is 4.74 Å². The van der Waals surface area contributed by atoms with E-state index >= 15 is 0 Å². The van der Waals surface area contributed by atoms with Crippen molar-refractivity contribution in [3.8, 4) is 17.5 Å². The molecule has 0 spiro atoms. The van der Waals surface area contributed by atoms with Crippen LogP contribution in [0.25, 0.3) is 5.69 Å². The summed E-state index contributed by atoms with van der Waals surface area (Å²) in [4.78, 5) is 12.2. The number of nitriles is 1. The number of aromatic nitrogens is 3. The molecule has 0 bridgehead atoms. The molecule has 3 aromatic rings. The van der Waals surface area contributed by atoms with Crippen molar-refractivity contribution in [2.75, 3.05) is 0 Å². The van der Waals surface area contributed by atoms with E-state index in [-0.39, 0.29) is 17.0 Å². The quantitative estimate of drug-likeness (QED) is 0.397. The molecule has 2 aromatic carbocycles. The lowest BCUT2D eigenvalue weighted by Crippen LogP contribution is -2.20. The largest absolute Gasteiger partial charge is 0.436 e. The lowest BCUT2D eigenvalue weighted by Gasteiger charge is -2.11. The molecule has 0 saturated carbocycles. The lowest BCUT2D eigenvalue weighted by molar-refractivity contribution is -0.143. The second-order valence-electron chi connectivity index (χ2n) is 5.20. The van der Waals surface area contributed by atoms with Gasteiger partial charge in [-0.25, -0.2) is 13.9 Å². The highest BCUT2D eigenvalue weighted by Crippen LogP contribution is 2.33. The first kappa shape index (κ1) is 18.1. The van der Waals surface area contributed by atoms with Gasteiger partial charge in [-0.3, -0.25) is 0 Å². The fraction of sp³-hybridized carbons (Fsp3) is 0.0588. The van der Waals surface area contributed by atoms with Gasteiger partial charge in [0.1, 0.15) is 11.6 Å². The third-order valence-corrected chi connectivity index (χ3v) is 3.38. The summed E-state index contributed by atoms with van der Waals surface area (Å²) in [5.74, 6) is -2.17. The predicted octanol–water partition coefficient (Wildman–Crippen LogP) is 3.52. The number of carbonyl (C=O) groups is 1. The molecule has 0 N–H and O–H groups in total. The standard InChI is InChI=1S/C17H8F4N4O2/c18-11-4-6-12(7-5-11)25-15(17(19,20)21)14(23-24-25)16(26)27-13-3-1-2-10(8-13)9-22/h1-8H. The monoisotopic (exact) mass is 376 g/mol. The molecule has 0 aliphatic carbocycles. The Hall–Kier alpha value is -3.74. The molecule has 3 rings (SSSR count). The molecule has 6 nitrogen and oxygen atoms in total. The summed E-state index contributed by atoms with van der Waals surface area (Å²) in [6, 6.07) is 11.2. The molecule has 27 heavy (non-hydrogen) atoms. The predicted molar refractivity (Wildman–Crippen MR) is 82.4 cm³/mol. The third kappa shape index (κ3) is 3.77. The van der Waals surface area contributed by atoms with Crippen LogP contribution in [-0.2, 0) is 6.18 Å². The Labute approximate surface area is 149 Å². The summed E-state index contributed by atoms with van der Waals surface area (Å²) in [5.41, 5.74) is -2.50. The van der Waals surface area contributed by atoms with Gasteiger partial charge >= 0.3 is 12.1 Å². The molecular weight excluding hydrogens is 368 g/mol. The van der Waals surface area contributed by atoms with Crippen LogP contribution >= 0.6 is 0 Å². The molecule has 0 amide bonds. The van der Waals surface area contributed by atoms with Crippen LogP contribution in [0.3, 0.4) is 0 Å². The normalized spacial score (nSPS) is 11.1. The minimum atomic E-state index is -4.99. The summed E-state index contributed by atoms with van der Waals surface area (Å²) in [5, 5.41) is 15.5. The first-order chi connectivity index (χ1) is 12.8. The summed E-state index contributed by atoms with van der Waals surface area (Å²) in [6.45, 7) is 0. The van der Waals surface area contributed by atoms with E-state index in [9.17, 15) is 22.4 Å². The van der Waals surface area contributed by atoms with Crippen LogP contribution in [0.2, 0.25) is 0 Å². The Morgan fingerprint density at radius 2 is 1.85 bits per heavy atom. The molecule has 1 heterocycles. The third-order valence-electron chi connectivity index (χ3n) is 3.38. The average molecular weight is 376 g/mol. The van der Waals surface area contributed by atoms with Crippen molar-refractivity contribution in [1.82, 2.24) is 15.0 Å². The van der Waals surface area contributed by atoms with Gasteiger partial charge in [-0.1, -0.05) is 11.3 Å². The number of hydrogen-bond donors (Lipinski definition) is 0. The maximum absolute atomic E-state index is 13.5. The van der Waals surface area contributed by atoms with E-state index in [2.05, 4.69) is 10.3 Å². The van der Waals surface area contributed by atoms with Gasteiger partial charge in [-0.05, 0) is 42.5 Å². The number of carbonyl (C=O) groups excluding carboxylic acids is 1. The molecule has 0 unspecified atom stereocenters. The van der Waals surface area contributed by atoms with Gasteiger partial charge < -0.3 is 4.74 Å². The second-order valence-corrected chi connectivity index (χ2v) is 5.20. The molecule has 1 aromatic heterocycles. The van der Waals surface area contributed by atoms with Crippen molar-refractivity contribution in [2.45, 2.75) is 6.18 Å². The highest BCUT2D eigenvalue weighted by Gasteiger charge is 2.42. The molecule has 0 fully saturated rings. The van der Waals surface area contributed by atoms with Crippen LogP contribution in [0.1, 0.15) is 21.7 Å². The first-order valence-electron chi connectivity index (χ1n) is 7.31. The van der Waals surface area contributed by atoms with Crippen LogP contribution in [0.4, 0.5) is 17.6 Å². The lowest BCUT2D eigenvalue weighted by atomic mass is 10.2. The second kappa shape index (κ2) is 6.87. The maximum Gasteiger partial charge on any atom is 0.436 e. The van der Waals surface area contributed by atoms with E-state index in [0.29, 0.717) is 4.68 Å². The van der Waals surface area contributed by atoms with E-state index in [0.717, 1.165) is 24.3 Å². The molecule has 0 atom stereocenters. The van der Waals surface area contributed by atoms with Gasteiger partial charge in [0, 0.05) is 0 Å². The van der Waals surface area contributed by atoms with E-state index in [1.54, 1.807) is 0 Å². The first-order valence-corrected chi connectivity index (χ1v) is 7.31. The number of esters is 1. The minimum Gasteiger partial charge on any atom is -0.422 e. The molecule has 0 aliphatic rings. The van der Waals surface area contributed by atoms with E-state index in [4.69, 9.17) is 10.00 Å². The molecule has 0 radical (unpaired) electrons. The summed E-state index contributed by atoms with van der Waals surface area (Å²) >= 11 is 0. The van der Waals surface area contributed by atoms with E-state index < -0.39 is 29.4 Å². The topological polar surface area (TPSA) is 80.8 Å². The van der Waals surface area contributed by atoms with Crippen LogP contribution in [0.15, 0.2) is 48.5 Å². The molecule has 10 heteroatoms. The highest BCUT2D eigenvalue weighted by molar-refractivity contribution is 5.90. The van der Waals surface area contributed by atoms with E-state index in [1.807, 2.05) is 6.07 Å².